The molecule has 0 spiro atoms. The Bertz CT molecular complexity index is 1020. The number of carbonyl (C=O) groups is 1. The first-order valence-electron chi connectivity index (χ1n) is 7.26. The number of nitrogens with zero attached hydrogens (tertiary/aromatic N) is 1. The number of non-ortho nitro benzene ring substituents is 1. The van der Waals surface area contributed by atoms with Crippen LogP contribution in [0.25, 0.3) is 0 Å². The SMILES string of the molecule is CC1Oc2ccc(S(=O)(=O)Nc3ccc([N+](=O)[O-])cc3Cl)cc2NC1=O. The van der Waals surface area contributed by atoms with Crippen LogP contribution in [0.2, 0.25) is 5.02 Å². The van der Waals surface area contributed by atoms with Gasteiger partial charge in [0, 0.05) is 12.1 Å². The van der Waals surface area contributed by atoms with Crippen LogP contribution in [0.4, 0.5) is 17.1 Å². The van der Waals surface area contributed by atoms with Crippen LogP contribution in [-0.4, -0.2) is 25.4 Å². The molecule has 1 atom stereocenters. The summed E-state index contributed by atoms with van der Waals surface area (Å²) in [6.07, 6.45) is -0.679. The largest absolute Gasteiger partial charge is 0.479 e. The number of carbonyl (C=O) groups excluding carboxylic acids is 1. The van der Waals surface area contributed by atoms with Gasteiger partial charge in [0.15, 0.2) is 6.10 Å². The molecule has 0 saturated heterocycles. The molecule has 9 nitrogen and oxygen atoms in total. The summed E-state index contributed by atoms with van der Waals surface area (Å²) in [5.41, 5.74) is -0.0459. The third-order valence-corrected chi connectivity index (χ3v) is 5.28. The molecule has 0 bridgehead atoms. The fourth-order valence-electron chi connectivity index (χ4n) is 2.26. The van der Waals surface area contributed by atoms with E-state index >= 15 is 0 Å². The number of hydrogen-bond donors (Lipinski definition) is 2. The van der Waals surface area contributed by atoms with E-state index in [1.54, 1.807) is 6.92 Å². The van der Waals surface area contributed by atoms with Crippen molar-refractivity contribution in [2.24, 2.45) is 0 Å². The summed E-state index contributed by atoms with van der Waals surface area (Å²) >= 11 is 5.91. The molecule has 2 aromatic rings. The van der Waals surface area contributed by atoms with E-state index in [0.29, 0.717) is 5.75 Å². The van der Waals surface area contributed by atoms with Crippen LogP contribution in [0, 0.1) is 10.1 Å². The third-order valence-electron chi connectivity index (χ3n) is 3.60. The van der Waals surface area contributed by atoms with Crippen LogP contribution in [0.15, 0.2) is 41.3 Å². The predicted octanol–water partition coefficient (Wildman–Crippen LogP) is 2.77. The number of amides is 1. The Morgan fingerprint density at radius 3 is 2.65 bits per heavy atom. The maximum Gasteiger partial charge on any atom is 0.271 e. The van der Waals surface area contributed by atoms with Crippen molar-refractivity contribution in [3.8, 4) is 5.75 Å². The van der Waals surface area contributed by atoms with E-state index < -0.39 is 27.0 Å². The van der Waals surface area contributed by atoms with E-state index in [2.05, 4.69) is 10.0 Å². The molecule has 26 heavy (non-hydrogen) atoms. The molecule has 0 fully saturated rings. The summed E-state index contributed by atoms with van der Waals surface area (Å²) in [5, 5.41) is 13.2. The van der Waals surface area contributed by atoms with E-state index in [1.807, 2.05) is 0 Å². The summed E-state index contributed by atoms with van der Waals surface area (Å²) in [5.74, 6) is -0.0390. The Hall–Kier alpha value is -2.85. The quantitative estimate of drug-likeness (QED) is 0.603. The van der Waals surface area contributed by atoms with E-state index in [4.69, 9.17) is 16.3 Å². The highest BCUT2D eigenvalue weighted by Crippen LogP contribution is 2.33. The second-order valence-corrected chi connectivity index (χ2v) is 7.52. The summed E-state index contributed by atoms with van der Waals surface area (Å²) in [7, 11) is -4.04. The van der Waals surface area contributed by atoms with Crippen molar-refractivity contribution < 1.29 is 22.9 Å². The fraction of sp³-hybridized carbons (Fsp3) is 0.133. The fourth-order valence-corrected chi connectivity index (χ4v) is 3.64. The Kier molecular flexibility index (Phi) is 4.46. The van der Waals surface area contributed by atoms with Crippen molar-refractivity contribution in [2.75, 3.05) is 10.0 Å². The van der Waals surface area contributed by atoms with E-state index in [9.17, 15) is 23.3 Å². The number of sulfonamides is 1. The summed E-state index contributed by atoms with van der Waals surface area (Å²) < 4.78 is 32.7. The number of fused-ring (bicyclic) bond motifs is 1. The second kappa shape index (κ2) is 6.46. The normalized spacial score (nSPS) is 16.2. The summed E-state index contributed by atoms with van der Waals surface area (Å²) in [4.78, 5) is 21.6. The molecule has 1 heterocycles. The van der Waals surface area contributed by atoms with Crippen LogP contribution in [-0.2, 0) is 14.8 Å². The molecule has 0 radical (unpaired) electrons. The minimum Gasteiger partial charge on any atom is -0.479 e. The van der Waals surface area contributed by atoms with E-state index in [1.165, 1.54) is 24.3 Å². The first-order valence-corrected chi connectivity index (χ1v) is 9.12. The van der Waals surface area contributed by atoms with Gasteiger partial charge in [0.2, 0.25) is 0 Å². The highest BCUT2D eigenvalue weighted by molar-refractivity contribution is 7.92. The number of halogens is 1. The second-order valence-electron chi connectivity index (χ2n) is 5.43. The first kappa shape index (κ1) is 18.0. The Balaban J connectivity index is 1.91. The molecule has 1 aliphatic heterocycles. The number of anilines is 2. The van der Waals surface area contributed by atoms with Gasteiger partial charge in [-0.25, -0.2) is 8.42 Å². The van der Waals surface area contributed by atoms with Gasteiger partial charge in [-0.2, -0.15) is 0 Å². The van der Waals surface area contributed by atoms with E-state index in [0.717, 1.165) is 12.1 Å². The molecular weight excluding hydrogens is 386 g/mol. The van der Waals surface area contributed by atoms with Gasteiger partial charge in [0.25, 0.3) is 21.6 Å². The maximum atomic E-state index is 12.5. The van der Waals surface area contributed by atoms with Crippen molar-refractivity contribution in [2.45, 2.75) is 17.9 Å². The molecule has 0 aliphatic carbocycles. The minimum absolute atomic E-state index is 0.0103. The number of nitro groups is 1. The minimum atomic E-state index is -4.04. The smallest absolute Gasteiger partial charge is 0.271 e. The van der Waals surface area contributed by atoms with Crippen molar-refractivity contribution >= 4 is 44.6 Å². The van der Waals surface area contributed by atoms with Crippen molar-refractivity contribution in [1.29, 1.82) is 0 Å². The molecule has 11 heteroatoms. The van der Waals surface area contributed by atoms with Crippen molar-refractivity contribution in [3.05, 3.63) is 51.5 Å². The lowest BCUT2D eigenvalue weighted by atomic mass is 10.2. The number of nitrogens with one attached hydrogen (secondary N) is 2. The Morgan fingerprint density at radius 2 is 2.00 bits per heavy atom. The lowest BCUT2D eigenvalue weighted by molar-refractivity contribution is -0.384. The highest BCUT2D eigenvalue weighted by Gasteiger charge is 2.26. The molecule has 3 rings (SSSR count). The van der Waals surface area contributed by atoms with Crippen LogP contribution in [0.5, 0.6) is 5.75 Å². The lowest BCUT2D eigenvalue weighted by Gasteiger charge is -2.23. The number of hydrogen-bond acceptors (Lipinski definition) is 6. The van der Waals surface area contributed by atoms with Gasteiger partial charge in [-0.15, -0.1) is 0 Å². The third kappa shape index (κ3) is 3.41. The van der Waals surface area contributed by atoms with Crippen molar-refractivity contribution in [3.63, 3.8) is 0 Å². The van der Waals surface area contributed by atoms with Gasteiger partial charge in [-0.3, -0.25) is 19.6 Å². The van der Waals surface area contributed by atoms with Gasteiger partial charge in [-0.05, 0) is 31.2 Å². The van der Waals surface area contributed by atoms with Gasteiger partial charge in [0.05, 0.1) is 26.2 Å². The molecule has 2 N–H and O–H groups in total. The monoisotopic (exact) mass is 397 g/mol. The molecular formula is C15H12ClN3O6S. The van der Waals surface area contributed by atoms with Crippen LogP contribution in [0.3, 0.4) is 0 Å². The zero-order valence-electron chi connectivity index (χ0n) is 13.2. The lowest BCUT2D eigenvalue weighted by Crippen LogP contribution is -2.34. The number of ether oxygens (including phenoxy) is 1. The van der Waals surface area contributed by atoms with E-state index in [-0.39, 0.29) is 27.0 Å². The van der Waals surface area contributed by atoms with Crippen LogP contribution < -0.4 is 14.8 Å². The zero-order chi connectivity index (χ0) is 19.1. The molecule has 1 amide bonds. The maximum absolute atomic E-state index is 12.5. The molecule has 0 aromatic heterocycles. The van der Waals surface area contributed by atoms with Crippen LogP contribution >= 0.6 is 11.6 Å². The number of benzene rings is 2. The molecule has 136 valence electrons. The zero-order valence-corrected chi connectivity index (χ0v) is 14.8. The molecule has 0 saturated carbocycles. The molecule has 2 aromatic carbocycles. The molecule has 1 aliphatic rings. The van der Waals surface area contributed by atoms with Crippen LogP contribution in [0.1, 0.15) is 6.92 Å². The van der Waals surface area contributed by atoms with Gasteiger partial charge >= 0.3 is 0 Å². The standard InChI is InChI=1S/C15H12ClN3O6S/c1-8-15(20)17-13-7-10(3-5-14(13)25-8)26(23,24)18-12-4-2-9(19(21)22)6-11(12)16/h2-8,18H,1H3,(H,17,20). The Labute approximate surface area is 153 Å². The number of rotatable bonds is 4. The van der Waals surface area contributed by atoms with Gasteiger partial charge in [-0.1, -0.05) is 11.6 Å². The average molecular weight is 398 g/mol. The summed E-state index contributed by atoms with van der Waals surface area (Å²) in [6, 6.07) is 7.36. The summed E-state index contributed by atoms with van der Waals surface area (Å²) in [6.45, 7) is 1.57. The Morgan fingerprint density at radius 1 is 1.27 bits per heavy atom. The first-order chi connectivity index (χ1) is 12.2. The molecule has 1 unspecified atom stereocenters. The van der Waals surface area contributed by atoms with Gasteiger partial charge < -0.3 is 10.1 Å². The van der Waals surface area contributed by atoms with Crippen molar-refractivity contribution in [1.82, 2.24) is 0 Å². The topological polar surface area (TPSA) is 128 Å². The predicted molar refractivity (Wildman–Crippen MR) is 94.1 cm³/mol. The number of nitro benzene ring substituents is 1. The van der Waals surface area contributed by atoms with Gasteiger partial charge in [0.1, 0.15) is 5.75 Å². The highest BCUT2D eigenvalue weighted by atomic mass is 35.5. The average Bonchev–Trinajstić information content (AvgIpc) is 2.57.